The van der Waals surface area contributed by atoms with E-state index in [4.69, 9.17) is 0 Å². The summed E-state index contributed by atoms with van der Waals surface area (Å²) in [6.45, 7) is 1.91. The Bertz CT molecular complexity index is 1880. The van der Waals surface area contributed by atoms with Crippen LogP contribution in [0.15, 0.2) is 75.8 Å². The molecule has 2 aromatic heterocycles. The standard InChI is InChI=1S/C34H33N5O3S/c40-31-29(37-19-21-6-2-1-3-7-21)30(32(31)41)39-16-13-22-10-11-24(18-28(22)39)38-34(42)33-27(14-17-43-33)36-20-23-12-15-35-26-9-5-4-8-25(23)26/h4-5,8-12,14-15,17-18,21,36-37H,1-3,6-7,13,16,19-20H2,(H,38,42). The normalized spacial score (nSPS) is 15.1. The summed E-state index contributed by atoms with van der Waals surface area (Å²) in [5.41, 5.74) is 5.43. The Morgan fingerprint density at radius 3 is 2.72 bits per heavy atom. The van der Waals surface area contributed by atoms with E-state index in [1.54, 1.807) is 6.20 Å². The summed E-state index contributed by atoms with van der Waals surface area (Å²) in [5.74, 6) is 0.338. The lowest BCUT2D eigenvalue weighted by molar-refractivity contribution is 0.103. The molecule has 0 spiro atoms. The fourth-order valence-corrected chi connectivity index (χ4v) is 7.21. The third-order valence-corrected chi connectivity index (χ3v) is 9.68. The lowest BCUT2D eigenvalue weighted by atomic mass is 9.89. The number of hydrogen-bond acceptors (Lipinski definition) is 8. The second-order valence-electron chi connectivity index (χ2n) is 11.5. The van der Waals surface area contributed by atoms with Gasteiger partial charge in [-0.15, -0.1) is 11.3 Å². The number of fused-ring (bicyclic) bond motifs is 2. The highest BCUT2D eigenvalue weighted by atomic mass is 32.1. The van der Waals surface area contributed by atoms with Crippen molar-refractivity contribution in [3.8, 4) is 0 Å². The number of aromatic nitrogens is 1. The molecule has 1 aliphatic carbocycles. The first-order valence-electron chi connectivity index (χ1n) is 15.0. The molecule has 9 heteroatoms. The SMILES string of the molecule is O=C(Nc1ccc2c(c1)N(c1c(NCC3CCCCC3)c(=O)c1=O)CC2)c1sccc1NCc1ccnc2ccccc12. The van der Waals surface area contributed by atoms with Gasteiger partial charge in [-0.3, -0.25) is 19.4 Å². The number of anilines is 5. The lowest BCUT2D eigenvalue weighted by Crippen LogP contribution is -2.41. The van der Waals surface area contributed by atoms with Gasteiger partial charge >= 0.3 is 0 Å². The van der Waals surface area contributed by atoms with Crippen molar-refractivity contribution < 1.29 is 4.79 Å². The summed E-state index contributed by atoms with van der Waals surface area (Å²) >= 11 is 1.38. The zero-order chi connectivity index (χ0) is 29.3. The number of nitrogens with zero attached hydrogens (tertiary/aromatic N) is 2. The molecular weight excluding hydrogens is 558 g/mol. The van der Waals surface area contributed by atoms with Crippen LogP contribution in [0.2, 0.25) is 0 Å². The molecule has 1 amide bonds. The molecule has 1 fully saturated rings. The molecule has 2 aliphatic rings. The van der Waals surface area contributed by atoms with E-state index in [2.05, 4.69) is 27.0 Å². The van der Waals surface area contributed by atoms with Gasteiger partial charge in [0.05, 0.1) is 11.2 Å². The highest BCUT2D eigenvalue weighted by Gasteiger charge is 2.31. The maximum Gasteiger partial charge on any atom is 0.267 e. The molecule has 43 heavy (non-hydrogen) atoms. The van der Waals surface area contributed by atoms with Gasteiger partial charge in [0, 0.05) is 42.6 Å². The van der Waals surface area contributed by atoms with Gasteiger partial charge in [0.2, 0.25) is 0 Å². The van der Waals surface area contributed by atoms with E-state index in [0.29, 0.717) is 40.9 Å². The van der Waals surface area contributed by atoms with Crippen molar-refractivity contribution in [2.45, 2.75) is 45.1 Å². The van der Waals surface area contributed by atoms with Crippen molar-refractivity contribution in [3.63, 3.8) is 0 Å². The van der Waals surface area contributed by atoms with Crippen molar-refractivity contribution in [2.75, 3.05) is 33.9 Å². The van der Waals surface area contributed by atoms with Gasteiger partial charge < -0.3 is 20.9 Å². The summed E-state index contributed by atoms with van der Waals surface area (Å²) in [7, 11) is 0. The Kier molecular flexibility index (Phi) is 7.40. The highest BCUT2D eigenvalue weighted by Crippen LogP contribution is 2.38. The third kappa shape index (κ3) is 5.29. The first-order valence-corrected chi connectivity index (χ1v) is 15.9. The number of carbonyl (C=O) groups is 1. The molecule has 0 radical (unpaired) electrons. The van der Waals surface area contributed by atoms with Gasteiger partial charge in [0.25, 0.3) is 16.8 Å². The Morgan fingerprint density at radius 1 is 0.977 bits per heavy atom. The van der Waals surface area contributed by atoms with Crippen LogP contribution in [-0.4, -0.2) is 24.0 Å². The second-order valence-corrected chi connectivity index (χ2v) is 12.4. The van der Waals surface area contributed by atoms with Crippen molar-refractivity contribution in [1.29, 1.82) is 0 Å². The first kappa shape index (κ1) is 27.3. The lowest BCUT2D eigenvalue weighted by Gasteiger charge is -2.27. The minimum absolute atomic E-state index is 0.203. The van der Waals surface area contributed by atoms with E-state index in [-0.39, 0.29) is 5.91 Å². The number of thiophene rings is 1. The molecule has 0 atom stereocenters. The van der Waals surface area contributed by atoms with Crippen LogP contribution in [0, 0.1) is 5.92 Å². The van der Waals surface area contributed by atoms with E-state index >= 15 is 0 Å². The van der Waals surface area contributed by atoms with Gasteiger partial charge in [0.15, 0.2) is 0 Å². The summed E-state index contributed by atoms with van der Waals surface area (Å²) < 4.78 is 0. The first-order chi connectivity index (χ1) is 21.1. The molecule has 1 saturated carbocycles. The van der Waals surface area contributed by atoms with Gasteiger partial charge in [-0.25, -0.2) is 0 Å². The predicted octanol–water partition coefficient (Wildman–Crippen LogP) is 6.44. The van der Waals surface area contributed by atoms with Crippen LogP contribution in [-0.2, 0) is 13.0 Å². The predicted molar refractivity (Wildman–Crippen MR) is 175 cm³/mol. The van der Waals surface area contributed by atoms with Crippen LogP contribution in [0.5, 0.6) is 0 Å². The molecule has 1 aliphatic heterocycles. The number of rotatable bonds is 9. The maximum absolute atomic E-state index is 13.4. The topological polar surface area (TPSA) is 103 Å². The number of pyridine rings is 1. The molecule has 8 nitrogen and oxygen atoms in total. The molecule has 3 heterocycles. The van der Waals surface area contributed by atoms with Gasteiger partial charge in [-0.2, -0.15) is 0 Å². The Morgan fingerprint density at radius 2 is 1.84 bits per heavy atom. The Labute approximate surface area is 253 Å². The van der Waals surface area contributed by atoms with Crippen molar-refractivity contribution in [1.82, 2.24) is 4.98 Å². The summed E-state index contributed by atoms with van der Waals surface area (Å²) in [6.07, 6.45) is 8.63. The largest absolute Gasteiger partial charge is 0.380 e. The van der Waals surface area contributed by atoms with Crippen molar-refractivity contribution in [3.05, 3.63) is 103 Å². The molecule has 3 aromatic carbocycles. The Hall–Kier alpha value is -4.50. The van der Waals surface area contributed by atoms with E-state index in [0.717, 1.165) is 59.2 Å². The molecule has 5 aromatic rings. The van der Waals surface area contributed by atoms with Gasteiger partial charge in [-0.1, -0.05) is 43.5 Å². The van der Waals surface area contributed by atoms with E-state index < -0.39 is 10.9 Å². The van der Waals surface area contributed by atoms with E-state index in [1.807, 2.05) is 58.8 Å². The summed E-state index contributed by atoms with van der Waals surface area (Å²) in [6, 6.07) is 17.7. The molecular formula is C34H33N5O3S. The number of carbonyl (C=O) groups excluding carboxylic acids is 1. The molecule has 7 rings (SSSR count). The van der Waals surface area contributed by atoms with Crippen LogP contribution in [0.3, 0.4) is 0 Å². The average Bonchev–Trinajstić information content (AvgIpc) is 3.69. The summed E-state index contributed by atoms with van der Waals surface area (Å²) in [5, 5.41) is 12.8. The number of hydrogen-bond donors (Lipinski definition) is 3. The number of nitrogens with one attached hydrogen (secondary N) is 3. The van der Waals surface area contributed by atoms with Crippen molar-refractivity contribution in [2.24, 2.45) is 5.92 Å². The number of para-hydroxylation sites is 1. The van der Waals surface area contributed by atoms with Crippen LogP contribution in [0.4, 0.5) is 28.4 Å². The van der Waals surface area contributed by atoms with E-state index in [9.17, 15) is 14.4 Å². The van der Waals surface area contributed by atoms with Crippen LogP contribution >= 0.6 is 11.3 Å². The fraction of sp³-hybridized carbons (Fsp3) is 0.294. The zero-order valence-electron chi connectivity index (χ0n) is 23.8. The van der Waals surface area contributed by atoms with Crippen LogP contribution in [0.1, 0.15) is 52.9 Å². The highest BCUT2D eigenvalue weighted by molar-refractivity contribution is 7.12. The fourth-order valence-electron chi connectivity index (χ4n) is 6.44. The minimum atomic E-state index is -0.440. The van der Waals surface area contributed by atoms with Crippen LogP contribution < -0.4 is 31.7 Å². The zero-order valence-corrected chi connectivity index (χ0v) is 24.6. The van der Waals surface area contributed by atoms with Gasteiger partial charge in [-0.05, 0) is 72.0 Å². The third-order valence-electron chi connectivity index (χ3n) is 8.77. The van der Waals surface area contributed by atoms with Gasteiger partial charge in [0.1, 0.15) is 16.3 Å². The molecule has 0 bridgehead atoms. The van der Waals surface area contributed by atoms with Crippen molar-refractivity contribution >= 4 is 56.6 Å². The minimum Gasteiger partial charge on any atom is -0.380 e. The van der Waals surface area contributed by atoms with Crippen LogP contribution in [0.25, 0.3) is 10.9 Å². The maximum atomic E-state index is 13.4. The number of benzene rings is 2. The monoisotopic (exact) mass is 591 g/mol. The Balaban J connectivity index is 1.06. The molecule has 3 N–H and O–H groups in total. The molecule has 0 unspecified atom stereocenters. The summed E-state index contributed by atoms with van der Waals surface area (Å²) in [4.78, 5) is 45.6. The average molecular weight is 592 g/mol. The van der Waals surface area contributed by atoms with E-state index in [1.165, 1.54) is 30.6 Å². The smallest absolute Gasteiger partial charge is 0.267 e. The molecule has 0 saturated heterocycles. The second kappa shape index (κ2) is 11.6. The quantitative estimate of drug-likeness (QED) is 0.169. The molecule has 218 valence electrons. The number of amides is 1.